The van der Waals surface area contributed by atoms with Gasteiger partial charge in [0.1, 0.15) is 11.5 Å². The van der Waals surface area contributed by atoms with Gasteiger partial charge in [-0.3, -0.25) is 9.69 Å². The topological polar surface area (TPSA) is 58.7 Å². The molecule has 3 heterocycles. The first-order valence-electron chi connectivity index (χ1n) is 6.79. The molecule has 0 aromatic carbocycles. The maximum atomic E-state index is 12.3. The van der Waals surface area contributed by atoms with Crippen molar-refractivity contribution in [2.75, 3.05) is 7.05 Å². The molecule has 0 radical (unpaired) electrons. The van der Waals surface area contributed by atoms with Crippen LogP contribution in [0.5, 0.6) is 0 Å². The predicted molar refractivity (Wildman–Crippen MR) is 87.9 cm³/mol. The van der Waals surface area contributed by atoms with E-state index in [1.165, 1.54) is 16.7 Å². The summed E-state index contributed by atoms with van der Waals surface area (Å²) < 4.78 is 5.49. The minimum atomic E-state index is -0.0922. The lowest BCUT2D eigenvalue weighted by atomic mass is 10.3. The molecule has 0 aliphatic carbocycles. The molecule has 0 atom stereocenters. The molecule has 1 fully saturated rings. The maximum absolute atomic E-state index is 12.3. The third-order valence-corrected chi connectivity index (χ3v) is 4.18. The number of furan rings is 1. The monoisotopic (exact) mass is 313 g/mol. The van der Waals surface area contributed by atoms with Gasteiger partial charge in [0.25, 0.3) is 5.91 Å². The molecule has 3 rings (SSSR count). The van der Waals surface area contributed by atoms with E-state index in [1.54, 1.807) is 13.1 Å². The SMILES string of the molecule is Cc1cccc(/N=C2/S/C(=C/c3ccc(C)o3)C(=O)N2C)n1. The number of amides is 1. The van der Waals surface area contributed by atoms with Crippen LogP contribution >= 0.6 is 11.8 Å². The van der Waals surface area contributed by atoms with Gasteiger partial charge >= 0.3 is 0 Å². The Labute approximate surface area is 132 Å². The Bertz CT molecular complexity index is 792. The molecule has 0 unspecified atom stereocenters. The van der Waals surface area contributed by atoms with E-state index in [-0.39, 0.29) is 5.91 Å². The van der Waals surface area contributed by atoms with Crippen LogP contribution in [-0.4, -0.2) is 28.0 Å². The van der Waals surface area contributed by atoms with Gasteiger partial charge in [-0.15, -0.1) is 0 Å². The van der Waals surface area contributed by atoms with Crippen molar-refractivity contribution in [3.63, 3.8) is 0 Å². The first-order chi connectivity index (χ1) is 10.5. The highest BCUT2D eigenvalue weighted by atomic mass is 32.2. The number of aromatic nitrogens is 1. The fraction of sp³-hybridized carbons (Fsp3) is 0.188. The van der Waals surface area contributed by atoms with Crippen LogP contribution in [-0.2, 0) is 4.79 Å². The second-order valence-corrected chi connectivity index (χ2v) is 5.96. The van der Waals surface area contributed by atoms with Crippen LogP contribution in [0.25, 0.3) is 6.08 Å². The van der Waals surface area contributed by atoms with Crippen LogP contribution in [0.4, 0.5) is 5.82 Å². The number of carbonyl (C=O) groups is 1. The largest absolute Gasteiger partial charge is 0.462 e. The number of nitrogens with zero attached hydrogens (tertiary/aromatic N) is 3. The highest BCUT2D eigenvalue weighted by Gasteiger charge is 2.30. The third kappa shape index (κ3) is 2.96. The molecule has 2 aromatic rings. The van der Waals surface area contributed by atoms with Gasteiger partial charge in [0.15, 0.2) is 11.0 Å². The average Bonchev–Trinajstić information content (AvgIpc) is 2.99. The number of aliphatic imine (C=N–C) groups is 1. The molecule has 1 amide bonds. The van der Waals surface area contributed by atoms with E-state index in [0.717, 1.165) is 11.5 Å². The molecule has 1 aliphatic rings. The van der Waals surface area contributed by atoms with Gasteiger partial charge < -0.3 is 4.42 Å². The second-order valence-electron chi connectivity index (χ2n) is 4.95. The molecule has 0 N–H and O–H groups in total. The maximum Gasteiger partial charge on any atom is 0.266 e. The molecule has 0 spiro atoms. The average molecular weight is 313 g/mol. The van der Waals surface area contributed by atoms with Gasteiger partial charge in [-0.1, -0.05) is 6.07 Å². The quantitative estimate of drug-likeness (QED) is 0.796. The molecule has 1 aliphatic heterocycles. The van der Waals surface area contributed by atoms with Crippen molar-refractivity contribution in [1.82, 2.24) is 9.88 Å². The Morgan fingerprint density at radius 1 is 1.27 bits per heavy atom. The number of hydrogen-bond donors (Lipinski definition) is 0. The number of carbonyl (C=O) groups excluding carboxylic acids is 1. The number of likely N-dealkylation sites (N-methyl/N-ethyl adjacent to an activating group) is 1. The summed E-state index contributed by atoms with van der Waals surface area (Å²) >= 11 is 1.32. The summed E-state index contributed by atoms with van der Waals surface area (Å²) in [5.41, 5.74) is 0.889. The minimum absolute atomic E-state index is 0.0922. The number of rotatable bonds is 2. The Morgan fingerprint density at radius 2 is 2.09 bits per heavy atom. The van der Waals surface area contributed by atoms with E-state index in [0.29, 0.717) is 21.7 Å². The Hall–Kier alpha value is -2.34. The lowest BCUT2D eigenvalue weighted by Gasteiger charge is -2.06. The van der Waals surface area contributed by atoms with Crippen LogP contribution in [0.2, 0.25) is 0 Å². The van der Waals surface area contributed by atoms with Gasteiger partial charge in [-0.05, 0) is 49.9 Å². The Balaban J connectivity index is 1.90. The molecular formula is C16H15N3O2S. The molecule has 0 bridgehead atoms. The van der Waals surface area contributed by atoms with Gasteiger partial charge in [-0.25, -0.2) is 9.98 Å². The summed E-state index contributed by atoms with van der Waals surface area (Å²) in [5.74, 6) is 1.98. The first-order valence-corrected chi connectivity index (χ1v) is 7.61. The standard InChI is InChI=1S/C16H15N3O2S/c1-10-5-4-6-14(17-10)18-16-19(3)15(20)13(22-16)9-12-8-7-11(2)21-12/h4-9H,1-3H3/b13-9+,18-16+. The first kappa shape index (κ1) is 14.6. The third-order valence-electron chi connectivity index (χ3n) is 3.12. The van der Waals surface area contributed by atoms with E-state index >= 15 is 0 Å². The molecule has 22 heavy (non-hydrogen) atoms. The summed E-state index contributed by atoms with van der Waals surface area (Å²) in [7, 11) is 1.71. The zero-order valence-corrected chi connectivity index (χ0v) is 13.3. The van der Waals surface area contributed by atoms with E-state index in [1.807, 2.05) is 44.2 Å². The lowest BCUT2D eigenvalue weighted by molar-refractivity contribution is -0.121. The summed E-state index contributed by atoms with van der Waals surface area (Å²) in [5, 5.41) is 0.609. The molecule has 112 valence electrons. The van der Waals surface area contributed by atoms with Crippen LogP contribution in [0.3, 0.4) is 0 Å². The van der Waals surface area contributed by atoms with E-state index < -0.39 is 0 Å². The van der Waals surface area contributed by atoms with Crippen LogP contribution in [0.15, 0.2) is 44.6 Å². The summed E-state index contributed by atoms with van der Waals surface area (Å²) in [6, 6.07) is 9.33. The molecular weight excluding hydrogens is 298 g/mol. The van der Waals surface area contributed by atoms with Crippen molar-refractivity contribution in [3.05, 3.63) is 52.5 Å². The van der Waals surface area contributed by atoms with Gasteiger partial charge in [0.2, 0.25) is 0 Å². The predicted octanol–water partition coefficient (Wildman–Crippen LogP) is 3.53. The number of thioether (sulfide) groups is 1. The summed E-state index contributed by atoms with van der Waals surface area (Å²) in [4.78, 5) is 23.2. The zero-order chi connectivity index (χ0) is 15.7. The van der Waals surface area contributed by atoms with E-state index in [4.69, 9.17) is 4.42 Å². The van der Waals surface area contributed by atoms with E-state index in [2.05, 4.69) is 9.98 Å². The number of amidine groups is 1. The molecule has 5 nitrogen and oxygen atoms in total. The normalized spacial score (nSPS) is 18.7. The van der Waals surface area contributed by atoms with Gasteiger partial charge in [0, 0.05) is 18.8 Å². The number of aryl methyl sites for hydroxylation is 2. The summed E-state index contributed by atoms with van der Waals surface area (Å²) in [6.45, 7) is 3.78. The van der Waals surface area contributed by atoms with Gasteiger partial charge in [-0.2, -0.15) is 0 Å². The summed E-state index contributed by atoms with van der Waals surface area (Å²) in [6.07, 6.45) is 1.74. The smallest absolute Gasteiger partial charge is 0.266 e. The fourth-order valence-electron chi connectivity index (χ4n) is 2.00. The fourth-order valence-corrected chi connectivity index (χ4v) is 2.96. The second kappa shape index (κ2) is 5.81. The number of hydrogen-bond acceptors (Lipinski definition) is 5. The number of pyridine rings is 1. The Kier molecular flexibility index (Phi) is 3.85. The van der Waals surface area contributed by atoms with Crippen LogP contribution in [0.1, 0.15) is 17.2 Å². The van der Waals surface area contributed by atoms with Crippen LogP contribution < -0.4 is 0 Å². The minimum Gasteiger partial charge on any atom is -0.462 e. The molecule has 1 saturated heterocycles. The molecule has 6 heteroatoms. The van der Waals surface area contributed by atoms with Crippen molar-refractivity contribution in [2.24, 2.45) is 4.99 Å². The zero-order valence-electron chi connectivity index (χ0n) is 12.5. The molecule has 0 saturated carbocycles. The molecule has 2 aromatic heterocycles. The lowest BCUT2D eigenvalue weighted by Crippen LogP contribution is -2.23. The highest BCUT2D eigenvalue weighted by Crippen LogP contribution is 2.33. The Morgan fingerprint density at radius 3 is 2.77 bits per heavy atom. The van der Waals surface area contributed by atoms with Gasteiger partial charge in [0.05, 0.1) is 4.91 Å². The van der Waals surface area contributed by atoms with Crippen molar-refractivity contribution < 1.29 is 9.21 Å². The van der Waals surface area contributed by atoms with Crippen molar-refractivity contribution in [3.8, 4) is 0 Å². The van der Waals surface area contributed by atoms with Crippen molar-refractivity contribution in [2.45, 2.75) is 13.8 Å². The van der Waals surface area contributed by atoms with Crippen molar-refractivity contribution >= 4 is 34.7 Å². The van der Waals surface area contributed by atoms with Crippen molar-refractivity contribution in [1.29, 1.82) is 0 Å². The van der Waals surface area contributed by atoms with Crippen LogP contribution in [0, 0.1) is 13.8 Å². The highest BCUT2D eigenvalue weighted by molar-refractivity contribution is 8.18. The van der Waals surface area contributed by atoms with E-state index in [9.17, 15) is 4.79 Å².